The van der Waals surface area contributed by atoms with Gasteiger partial charge in [-0.3, -0.25) is 4.79 Å². The van der Waals surface area contributed by atoms with Crippen LogP contribution in [-0.2, 0) is 23.9 Å². The van der Waals surface area contributed by atoms with Crippen LogP contribution in [-0.4, -0.2) is 53.4 Å². The van der Waals surface area contributed by atoms with Crippen molar-refractivity contribution in [3.05, 3.63) is 0 Å². The summed E-state index contributed by atoms with van der Waals surface area (Å²) in [5.41, 5.74) is -1.61. The zero-order chi connectivity index (χ0) is 16.5. The number of amides is 1. The molecule has 7 heteroatoms. The van der Waals surface area contributed by atoms with Crippen LogP contribution >= 0.6 is 15.9 Å². The van der Waals surface area contributed by atoms with E-state index in [0.29, 0.717) is 13.0 Å². The summed E-state index contributed by atoms with van der Waals surface area (Å²) in [6.07, 6.45) is 0.805. The second-order valence-corrected chi connectivity index (χ2v) is 4.64. The number of hydrogen-bond acceptors (Lipinski definition) is 5. The molecular weight excluding hydrogens is 342 g/mol. The van der Waals surface area contributed by atoms with Gasteiger partial charge in [0.05, 0.1) is 18.5 Å². The number of likely N-dealkylation sites (tertiary alicyclic amines) is 1. The van der Waals surface area contributed by atoms with Crippen LogP contribution < -0.4 is 0 Å². The highest BCUT2D eigenvalue weighted by Crippen LogP contribution is 2.32. The van der Waals surface area contributed by atoms with E-state index in [4.69, 9.17) is 9.47 Å². The van der Waals surface area contributed by atoms with Gasteiger partial charge in [0.15, 0.2) is 0 Å². The van der Waals surface area contributed by atoms with Crippen molar-refractivity contribution >= 4 is 33.8 Å². The molecule has 0 aromatic carbocycles. The van der Waals surface area contributed by atoms with Crippen LogP contribution in [0, 0.1) is 0 Å². The van der Waals surface area contributed by atoms with Crippen molar-refractivity contribution in [2.75, 3.05) is 25.1 Å². The lowest BCUT2D eigenvalue weighted by molar-refractivity contribution is -0.175. The van der Waals surface area contributed by atoms with E-state index in [0.717, 1.165) is 0 Å². The highest BCUT2D eigenvalue weighted by molar-refractivity contribution is 9.09. The zero-order valence-electron chi connectivity index (χ0n) is 13.1. The molecule has 1 heterocycles. The molecular formula is C14H24BrNO5. The van der Waals surface area contributed by atoms with Crippen molar-refractivity contribution in [2.45, 2.75) is 46.1 Å². The molecule has 1 rings (SSSR count). The van der Waals surface area contributed by atoms with Crippen molar-refractivity contribution in [3.8, 4) is 0 Å². The Hall–Kier alpha value is -1.11. The Balaban J connectivity index is 0.00000191. The number of halogens is 1. The molecule has 0 aliphatic carbocycles. The van der Waals surface area contributed by atoms with Gasteiger partial charge in [0.1, 0.15) is 0 Å². The smallest absolute Gasteiger partial charge is 0.343 e. The van der Waals surface area contributed by atoms with Gasteiger partial charge in [0, 0.05) is 6.54 Å². The molecule has 0 bridgehead atoms. The summed E-state index contributed by atoms with van der Waals surface area (Å²) >= 11 is 3.06. The summed E-state index contributed by atoms with van der Waals surface area (Å²) in [4.78, 5) is 37.5. The second kappa shape index (κ2) is 9.76. The molecule has 1 saturated heterocycles. The third kappa shape index (κ3) is 4.18. The Morgan fingerprint density at radius 3 is 1.95 bits per heavy atom. The fraction of sp³-hybridized carbons (Fsp3) is 0.786. The number of alkyl halides is 1. The number of ether oxygens (including phenoxy) is 2. The van der Waals surface area contributed by atoms with Crippen LogP contribution in [0.4, 0.5) is 0 Å². The maximum Gasteiger partial charge on any atom is 0.343 e. The van der Waals surface area contributed by atoms with Crippen LogP contribution in [0.25, 0.3) is 0 Å². The van der Waals surface area contributed by atoms with Crippen LogP contribution in [0.2, 0.25) is 0 Å². The maximum atomic E-state index is 12.2. The standard InChI is InChI=1S/C12H18BrNO5.C2H6/c1-3-18-10(16)12(11(17)19-4-2)6-5-7-14(12)9(15)8-13;1-2/h3-8H2,1-2H3;1-2H3. The summed E-state index contributed by atoms with van der Waals surface area (Å²) < 4.78 is 9.95. The molecule has 21 heavy (non-hydrogen) atoms. The van der Waals surface area contributed by atoms with Gasteiger partial charge >= 0.3 is 11.9 Å². The third-order valence-electron chi connectivity index (χ3n) is 3.02. The first-order valence-electron chi connectivity index (χ1n) is 7.25. The topological polar surface area (TPSA) is 72.9 Å². The Labute approximate surface area is 134 Å². The SMILES string of the molecule is CC.CCOC(=O)C1(C(=O)OCC)CCCN1C(=O)CBr. The summed E-state index contributed by atoms with van der Waals surface area (Å²) in [5, 5.41) is 0.0492. The summed E-state index contributed by atoms with van der Waals surface area (Å²) in [7, 11) is 0. The Morgan fingerprint density at radius 2 is 1.57 bits per heavy atom. The quantitative estimate of drug-likeness (QED) is 0.422. The molecule has 1 amide bonds. The minimum Gasteiger partial charge on any atom is -0.464 e. The molecule has 6 nitrogen and oxygen atoms in total. The summed E-state index contributed by atoms with van der Waals surface area (Å²) in [5.74, 6) is -1.74. The molecule has 1 aliphatic rings. The van der Waals surface area contributed by atoms with Crippen LogP contribution in [0.1, 0.15) is 40.5 Å². The average Bonchev–Trinajstić information content (AvgIpc) is 2.95. The molecule has 122 valence electrons. The van der Waals surface area contributed by atoms with E-state index in [-0.39, 0.29) is 30.9 Å². The van der Waals surface area contributed by atoms with Crippen molar-refractivity contribution < 1.29 is 23.9 Å². The fourth-order valence-electron chi connectivity index (χ4n) is 2.24. The number of esters is 2. The Morgan fingerprint density at radius 1 is 1.10 bits per heavy atom. The zero-order valence-corrected chi connectivity index (χ0v) is 14.7. The van der Waals surface area contributed by atoms with Gasteiger partial charge in [0.25, 0.3) is 0 Å². The predicted molar refractivity (Wildman–Crippen MR) is 82.1 cm³/mol. The maximum absolute atomic E-state index is 12.2. The number of carbonyl (C=O) groups is 3. The molecule has 1 fully saturated rings. The normalized spacial score (nSPS) is 15.8. The fourth-order valence-corrected chi connectivity index (χ4v) is 2.54. The molecule has 0 N–H and O–H groups in total. The minimum absolute atomic E-state index is 0.0492. The lowest BCUT2D eigenvalue weighted by Crippen LogP contribution is -2.60. The largest absolute Gasteiger partial charge is 0.464 e. The van der Waals surface area contributed by atoms with E-state index < -0.39 is 17.5 Å². The monoisotopic (exact) mass is 365 g/mol. The van der Waals surface area contributed by atoms with E-state index in [2.05, 4.69) is 15.9 Å². The summed E-state index contributed by atoms with van der Waals surface area (Å²) in [6, 6.07) is 0. The second-order valence-electron chi connectivity index (χ2n) is 4.08. The van der Waals surface area contributed by atoms with Crippen LogP contribution in [0.5, 0.6) is 0 Å². The van der Waals surface area contributed by atoms with Crippen molar-refractivity contribution in [1.82, 2.24) is 4.90 Å². The first-order chi connectivity index (χ1) is 10.0. The molecule has 0 spiro atoms. The number of hydrogen-bond donors (Lipinski definition) is 0. The van der Waals surface area contributed by atoms with Crippen LogP contribution in [0.3, 0.4) is 0 Å². The van der Waals surface area contributed by atoms with Gasteiger partial charge in [-0.2, -0.15) is 0 Å². The molecule has 0 aromatic rings. The van der Waals surface area contributed by atoms with Gasteiger partial charge in [-0.1, -0.05) is 29.8 Å². The minimum atomic E-state index is -1.61. The molecule has 0 saturated carbocycles. The van der Waals surface area contributed by atoms with E-state index in [1.165, 1.54) is 4.90 Å². The van der Waals surface area contributed by atoms with Crippen LogP contribution in [0.15, 0.2) is 0 Å². The predicted octanol–water partition coefficient (Wildman–Crippen LogP) is 1.89. The van der Waals surface area contributed by atoms with E-state index in [9.17, 15) is 14.4 Å². The average molecular weight is 366 g/mol. The number of carbonyl (C=O) groups excluding carboxylic acids is 3. The molecule has 0 atom stereocenters. The number of nitrogens with zero attached hydrogens (tertiary/aromatic N) is 1. The lowest BCUT2D eigenvalue weighted by Gasteiger charge is -2.33. The van der Waals surface area contributed by atoms with Gasteiger partial charge < -0.3 is 14.4 Å². The van der Waals surface area contributed by atoms with Crippen molar-refractivity contribution in [2.24, 2.45) is 0 Å². The van der Waals surface area contributed by atoms with E-state index in [1.807, 2.05) is 13.8 Å². The van der Waals surface area contributed by atoms with Crippen molar-refractivity contribution in [3.63, 3.8) is 0 Å². The first-order valence-corrected chi connectivity index (χ1v) is 8.37. The Kier molecular flexibility index (Phi) is 9.24. The summed E-state index contributed by atoms with van der Waals surface area (Å²) in [6.45, 7) is 7.96. The Bertz CT molecular complexity index is 354. The number of rotatable bonds is 5. The third-order valence-corrected chi connectivity index (χ3v) is 3.50. The van der Waals surface area contributed by atoms with E-state index in [1.54, 1.807) is 13.8 Å². The van der Waals surface area contributed by atoms with E-state index >= 15 is 0 Å². The van der Waals surface area contributed by atoms with Gasteiger partial charge in [-0.05, 0) is 26.7 Å². The molecule has 0 radical (unpaired) electrons. The molecule has 1 aliphatic heterocycles. The molecule has 0 aromatic heterocycles. The lowest BCUT2D eigenvalue weighted by atomic mass is 9.96. The van der Waals surface area contributed by atoms with Gasteiger partial charge in [-0.15, -0.1) is 0 Å². The highest BCUT2D eigenvalue weighted by atomic mass is 79.9. The molecule has 0 unspecified atom stereocenters. The van der Waals surface area contributed by atoms with Gasteiger partial charge in [0.2, 0.25) is 11.4 Å². The first kappa shape index (κ1) is 19.9. The van der Waals surface area contributed by atoms with Crippen molar-refractivity contribution in [1.29, 1.82) is 0 Å². The highest BCUT2D eigenvalue weighted by Gasteiger charge is 2.58. The van der Waals surface area contributed by atoms with Gasteiger partial charge in [-0.25, -0.2) is 9.59 Å².